The highest BCUT2D eigenvalue weighted by Gasteiger charge is 2.44. The van der Waals surface area contributed by atoms with Crippen molar-refractivity contribution < 1.29 is 27.4 Å². The minimum atomic E-state index is -3.13. The van der Waals surface area contributed by atoms with E-state index in [0.717, 1.165) is 44.6 Å². The van der Waals surface area contributed by atoms with Crippen molar-refractivity contribution in [1.82, 2.24) is 0 Å². The van der Waals surface area contributed by atoms with Gasteiger partial charge >= 0.3 is 6.11 Å². The molecule has 0 atom stereocenters. The van der Waals surface area contributed by atoms with E-state index in [1.807, 2.05) is 0 Å². The van der Waals surface area contributed by atoms with Gasteiger partial charge in [-0.3, -0.25) is 0 Å². The van der Waals surface area contributed by atoms with Crippen molar-refractivity contribution in [1.29, 1.82) is 0 Å². The quantitative estimate of drug-likeness (QED) is 0.346. The van der Waals surface area contributed by atoms with Gasteiger partial charge in [-0.1, -0.05) is 12.2 Å². The number of hydrogen-bond acceptors (Lipinski definition) is 2. The van der Waals surface area contributed by atoms with Crippen molar-refractivity contribution in [3.8, 4) is 0 Å². The molecule has 0 radical (unpaired) electrons. The van der Waals surface area contributed by atoms with Crippen LogP contribution in [0.2, 0.25) is 0 Å². The Morgan fingerprint density at radius 2 is 1.24 bits per heavy atom. The molecule has 33 heavy (non-hydrogen) atoms. The SMILES string of the molecule is OC1CCC(/C=C/C2CCC(C(F)(F)OC3CCC(c4cc(F)cc(F)c4)CC3)CC2)CC1. The van der Waals surface area contributed by atoms with Gasteiger partial charge in [0.2, 0.25) is 0 Å². The summed E-state index contributed by atoms with van der Waals surface area (Å²) in [5, 5.41) is 9.62. The molecule has 3 aliphatic rings. The standard InChI is InChI=1S/C27H36F4O2/c28-23-15-21(16-24(29)17-23)20-7-13-26(14-8-20)33-27(30,31)22-9-3-18(4-10-22)1-2-19-5-11-25(32)12-6-19/h1-2,15-20,22,25-26,32H,3-14H2/b2-1+. The van der Waals surface area contributed by atoms with Gasteiger partial charge in [0.15, 0.2) is 0 Å². The minimum Gasteiger partial charge on any atom is -0.393 e. The second-order valence-corrected chi connectivity index (χ2v) is 10.4. The first kappa shape index (κ1) is 24.7. The van der Waals surface area contributed by atoms with E-state index in [1.165, 1.54) is 12.1 Å². The predicted molar refractivity (Wildman–Crippen MR) is 120 cm³/mol. The zero-order chi connectivity index (χ0) is 23.4. The molecule has 0 amide bonds. The summed E-state index contributed by atoms with van der Waals surface area (Å²) in [7, 11) is 0. The number of alkyl halides is 2. The lowest BCUT2D eigenvalue weighted by atomic mass is 9.79. The maximum absolute atomic E-state index is 14.9. The second kappa shape index (κ2) is 10.9. The van der Waals surface area contributed by atoms with Crippen molar-refractivity contribution >= 4 is 0 Å². The summed E-state index contributed by atoms with van der Waals surface area (Å²) in [5.74, 6) is -1.10. The van der Waals surface area contributed by atoms with Gasteiger partial charge in [0, 0.05) is 6.07 Å². The fraction of sp³-hybridized carbons (Fsp3) is 0.704. The van der Waals surface area contributed by atoms with Crippen molar-refractivity contribution in [2.75, 3.05) is 0 Å². The topological polar surface area (TPSA) is 29.5 Å². The normalized spacial score (nSPS) is 34.0. The second-order valence-electron chi connectivity index (χ2n) is 10.4. The molecule has 4 rings (SSSR count). The van der Waals surface area contributed by atoms with Crippen LogP contribution in [0.15, 0.2) is 30.4 Å². The van der Waals surface area contributed by atoms with E-state index >= 15 is 0 Å². The number of aliphatic hydroxyl groups is 1. The maximum Gasteiger partial charge on any atom is 0.358 e. The van der Waals surface area contributed by atoms with Crippen molar-refractivity contribution in [3.63, 3.8) is 0 Å². The fourth-order valence-corrected chi connectivity index (χ4v) is 5.90. The van der Waals surface area contributed by atoms with Crippen LogP contribution in [0.3, 0.4) is 0 Å². The molecule has 0 heterocycles. The number of allylic oxidation sites excluding steroid dienone is 2. The number of aliphatic hydroxyl groups excluding tert-OH is 1. The number of hydrogen-bond donors (Lipinski definition) is 1. The summed E-state index contributed by atoms with van der Waals surface area (Å²) in [5.41, 5.74) is 0.605. The highest BCUT2D eigenvalue weighted by molar-refractivity contribution is 5.22. The number of halogens is 4. The molecule has 1 aromatic rings. The lowest BCUT2D eigenvalue weighted by molar-refractivity contribution is -0.301. The molecular weight excluding hydrogens is 432 g/mol. The zero-order valence-electron chi connectivity index (χ0n) is 19.2. The molecule has 3 fully saturated rings. The van der Waals surface area contributed by atoms with E-state index in [4.69, 9.17) is 4.74 Å². The number of benzene rings is 1. The summed E-state index contributed by atoms with van der Waals surface area (Å²) >= 11 is 0. The van der Waals surface area contributed by atoms with Crippen LogP contribution < -0.4 is 0 Å². The lowest BCUT2D eigenvalue weighted by Gasteiger charge is -2.36. The molecule has 0 bridgehead atoms. The van der Waals surface area contributed by atoms with E-state index in [2.05, 4.69) is 12.2 Å². The lowest BCUT2D eigenvalue weighted by Crippen LogP contribution is -2.38. The van der Waals surface area contributed by atoms with E-state index in [0.29, 0.717) is 55.9 Å². The largest absolute Gasteiger partial charge is 0.393 e. The van der Waals surface area contributed by atoms with Crippen molar-refractivity contribution in [2.45, 2.75) is 101 Å². The molecule has 1 aromatic carbocycles. The van der Waals surface area contributed by atoms with Gasteiger partial charge in [-0.05, 0) is 112 Å². The Hall–Kier alpha value is -1.40. The third kappa shape index (κ3) is 6.82. The Balaban J connectivity index is 1.21. The summed E-state index contributed by atoms with van der Waals surface area (Å²) in [6.45, 7) is 0. The Morgan fingerprint density at radius 3 is 1.79 bits per heavy atom. The zero-order valence-corrected chi connectivity index (χ0v) is 19.2. The Bertz CT molecular complexity index is 767. The first-order chi connectivity index (χ1) is 15.8. The third-order valence-electron chi connectivity index (χ3n) is 8.00. The smallest absolute Gasteiger partial charge is 0.358 e. The Labute approximate surface area is 194 Å². The Morgan fingerprint density at radius 1 is 0.727 bits per heavy atom. The highest BCUT2D eigenvalue weighted by Crippen LogP contribution is 2.43. The average Bonchev–Trinajstić information content (AvgIpc) is 2.79. The molecule has 184 valence electrons. The molecule has 2 nitrogen and oxygen atoms in total. The van der Waals surface area contributed by atoms with Gasteiger partial charge in [-0.25, -0.2) is 8.78 Å². The molecule has 3 saturated carbocycles. The average molecular weight is 469 g/mol. The van der Waals surface area contributed by atoms with Crippen molar-refractivity contribution in [3.05, 3.63) is 47.5 Å². The molecule has 0 saturated heterocycles. The van der Waals surface area contributed by atoms with Crippen LogP contribution in [-0.2, 0) is 4.74 Å². The Kier molecular flexibility index (Phi) is 8.16. The van der Waals surface area contributed by atoms with Crippen LogP contribution in [0.25, 0.3) is 0 Å². The molecule has 1 N–H and O–H groups in total. The number of ether oxygens (including phenoxy) is 1. The van der Waals surface area contributed by atoms with Gasteiger partial charge < -0.3 is 9.84 Å². The third-order valence-corrected chi connectivity index (χ3v) is 8.00. The van der Waals surface area contributed by atoms with Crippen LogP contribution >= 0.6 is 0 Å². The first-order valence-corrected chi connectivity index (χ1v) is 12.7. The van der Waals surface area contributed by atoms with Crippen molar-refractivity contribution in [2.24, 2.45) is 17.8 Å². The van der Waals surface area contributed by atoms with E-state index < -0.39 is 29.8 Å². The van der Waals surface area contributed by atoms with E-state index in [9.17, 15) is 22.7 Å². The molecule has 0 aromatic heterocycles. The fourth-order valence-electron chi connectivity index (χ4n) is 5.90. The molecular formula is C27H36F4O2. The molecule has 0 unspecified atom stereocenters. The van der Waals surface area contributed by atoms with E-state index in [-0.39, 0.29) is 12.0 Å². The summed E-state index contributed by atoms with van der Waals surface area (Å²) in [6, 6.07) is 3.53. The van der Waals surface area contributed by atoms with Gasteiger partial charge in [0.25, 0.3) is 0 Å². The van der Waals surface area contributed by atoms with Crippen LogP contribution in [0.1, 0.15) is 88.5 Å². The summed E-state index contributed by atoms with van der Waals surface area (Å²) in [6.07, 6.45) is 8.98. The van der Waals surface area contributed by atoms with Gasteiger partial charge in [0.1, 0.15) is 11.6 Å². The minimum absolute atomic E-state index is 0.0154. The van der Waals surface area contributed by atoms with Crippen LogP contribution in [0.5, 0.6) is 0 Å². The summed E-state index contributed by atoms with van der Waals surface area (Å²) in [4.78, 5) is 0. The van der Waals surface area contributed by atoms with E-state index in [1.54, 1.807) is 0 Å². The molecule has 6 heteroatoms. The molecule has 3 aliphatic carbocycles. The van der Waals surface area contributed by atoms with Crippen LogP contribution in [0, 0.1) is 29.4 Å². The van der Waals surface area contributed by atoms with Crippen LogP contribution in [0.4, 0.5) is 17.6 Å². The predicted octanol–water partition coefficient (Wildman–Crippen LogP) is 7.51. The molecule has 0 aliphatic heterocycles. The molecule has 0 spiro atoms. The number of rotatable bonds is 6. The first-order valence-electron chi connectivity index (χ1n) is 12.7. The maximum atomic E-state index is 14.9. The van der Waals surface area contributed by atoms with Crippen LogP contribution in [-0.4, -0.2) is 23.4 Å². The monoisotopic (exact) mass is 468 g/mol. The highest BCUT2D eigenvalue weighted by atomic mass is 19.3. The van der Waals surface area contributed by atoms with Gasteiger partial charge in [-0.15, -0.1) is 0 Å². The van der Waals surface area contributed by atoms with Gasteiger partial charge in [0.05, 0.1) is 18.1 Å². The van der Waals surface area contributed by atoms with Gasteiger partial charge in [-0.2, -0.15) is 8.78 Å². The summed E-state index contributed by atoms with van der Waals surface area (Å²) < 4.78 is 62.1.